The number of non-ortho nitro benzene ring substituents is 2. The number of oxazole rings is 1. The number of benzene rings is 3. The quantitative estimate of drug-likeness (QED) is 0.170. The molecule has 4 rings (SSSR count). The van der Waals surface area contributed by atoms with E-state index in [1.165, 1.54) is 48.7 Å². The molecule has 14 heteroatoms. The molecule has 0 radical (unpaired) electrons. The second kappa shape index (κ2) is 11.7. The van der Waals surface area contributed by atoms with Crippen molar-refractivity contribution in [3.63, 3.8) is 0 Å². The van der Waals surface area contributed by atoms with Crippen molar-refractivity contribution in [3.8, 4) is 34.5 Å². The molecule has 0 saturated heterocycles. The summed E-state index contributed by atoms with van der Waals surface area (Å²) in [6, 6.07) is 8.67. The van der Waals surface area contributed by atoms with Gasteiger partial charge in [0, 0.05) is 12.1 Å². The summed E-state index contributed by atoms with van der Waals surface area (Å²) in [7, 11) is 8.82. The van der Waals surface area contributed by atoms with Gasteiger partial charge in [-0.3, -0.25) is 20.2 Å². The molecule has 41 heavy (non-hydrogen) atoms. The lowest BCUT2D eigenvalue weighted by atomic mass is 9.95. The van der Waals surface area contributed by atoms with Crippen LogP contribution in [-0.2, 0) is 0 Å². The Morgan fingerprint density at radius 1 is 0.707 bits per heavy atom. The van der Waals surface area contributed by atoms with Gasteiger partial charge in [-0.2, -0.15) is 0 Å². The third-order valence-corrected chi connectivity index (χ3v) is 6.10. The Bertz CT molecular complexity index is 1560. The largest absolute Gasteiger partial charge is 0.493 e. The van der Waals surface area contributed by atoms with E-state index in [4.69, 9.17) is 32.8 Å². The Labute approximate surface area is 232 Å². The maximum Gasteiger partial charge on any atom is 0.320 e. The summed E-state index contributed by atoms with van der Waals surface area (Å²) in [4.78, 5) is 25.8. The van der Waals surface area contributed by atoms with Crippen molar-refractivity contribution in [2.45, 2.75) is 0 Å². The normalized spacial score (nSPS) is 10.6. The Balaban J connectivity index is 2.06. The fourth-order valence-electron chi connectivity index (χ4n) is 4.25. The van der Waals surface area contributed by atoms with Gasteiger partial charge in [-0.15, -0.1) is 0 Å². The third-order valence-electron chi connectivity index (χ3n) is 6.10. The predicted molar refractivity (Wildman–Crippen MR) is 146 cm³/mol. The van der Waals surface area contributed by atoms with Gasteiger partial charge in [0.15, 0.2) is 23.0 Å². The Kier molecular flexibility index (Phi) is 8.12. The van der Waals surface area contributed by atoms with Gasteiger partial charge in [0.05, 0.1) is 58.6 Å². The number of nitrogens with zero attached hydrogens (tertiary/aromatic N) is 3. The number of fused-ring (bicyclic) bond motifs is 1. The van der Waals surface area contributed by atoms with E-state index in [0.29, 0.717) is 51.2 Å². The van der Waals surface area contributed by atoms with E-state index in [0.717, 1.165) is 12.1 Å². The summed E-state index contributed by atoms with van der Waals surface area (Å²) in [6.45, 7) is 0. The molecule has 1 heterocycles. The van der Waals surface area contributed by atoms with E-state index in [-0.39, 0.29) is 17.0 Å². The number of aromatic nitrogens is 1. The molecule has 0 bridgehead atoms. The molecule has 14 nitrogen and oxygen atoms in total. The molecule has 0 aliphatic heterocycles. The molecule has 0 N–H and O–H groups in total. The van der Waals surface area contributed by atoms with Crippen molar-refractivity contribution >= 4 is 34.1 Å². The summed E-state index contributed by atoms with van der Waals surface area (Å²) < 4.78 is 38.8. The minimum Gasteiger partial charge on any atom is -0.493 e. The van der Waals surface area contributed by atoms with E-state index >= 15 is 0 Å². The van der Waals surface area contributed by atoms with Gasteiger partial charge in [-0.25, -0.2) is 4.98 Å². The highest BCUT2D eigenvalue weighted by atomic mass is 16.6. The topological polar surface area (TPSA) is 168 Å². The van der Waals surface area contributed by atoms with Crippen LogP contribution in [0.3, 0.4) is 0 Å². The van der Waals surface area contributed by atoms with Crippen molar-refractivity contribution in [1.29, 1.82) is 0 Å². The molecule has 4 aromatic rings. The van der Waals surface area contributed by atoms with Gasteiger partial charge in [0.1, 0.15) is 5.52 Å². The van der Waals surface area contributed by atoms with E-state index in [1.54, 1.807) is 24.3 Å². The number of nitro groups is 2. The predicted octanol–water partition coefficient (Wildman–Crippen LogP) is 5.28. The molecule has 0 fully saturated rings. The van der Waals surface area contributed by atoms with E-state index in [2.05, 4.69) is 4.98 Å². The molecule has 0 atom stereocenters. The zero-order chi connectivity index (χ0) is 29.8. The average molecular weight is 568 g/mol. The highest BCUT2D eigenvalue weighted by Gasteiger charge is 2.25. The highest BCUT2D eigenvalue weighted by Crippen LogP contribution is 2.45. The van der Waals surface area contributed by atoms with Crippen LogP contribution < -0.4 is 28.4 Å². The van der Waals surface area contributed by atoms with Gasteiger partial charge in [-0.1, -0.05) is 0 Å². The molecule has 3 aromatic carbocycles. The highest BCUT2D eigenvalue weighted by molar-refractivity contribution is 5.94. The van der Waals surface area contributed by atoms with Crippen molar-refractivity contribution in [2.24, 2.45) is 0 Å². The first-order valence-corrected chi connectivity index (χ1v) is 11.7. The van der Waals surface area contributed by atoms with Crippen LogP contribution in [0.2, 0.25) is 0 Å². The number of methoxy groups -OCH3 is 6. The van der Waals surface area contributed by atoms with E-state index < -0.39 is 21.2 Å². The van der Waals surface area contributed by atoms with Crippen LogP contribution in [0.4, 0.5) is 11.4 Å². The summed E-state index contributed by atoms with van der Waals surface area (Å²) in [6.07, 6.45) is 1.51. The molecule has 0 spiro atoms. The SMILES string of the molecule is COc1cc(C(=Cc2nc3cc([N+](=O)[O-])cc([N+](=O)[O-])c3o2)c2cc(OC)c(OC)c(OC)c2)cc(OC)c1OC. The van der Waals surface area contributed by atoms with Gasteiger partial charge in [0.25, 0.3) is 5.69 Å². The van der Waals surface area contributed by atoms with Gasteiger partial charge >= 0.3 is 5.69 Å². The molecule has 0 saturated carbocycles. The summed E-state index contributed by atoms with van der Waals surface area (Å²) in [5.41, 5.74) is 0.165. The van der Waals surface area contributed by atoms with Crippen LogP contribution in [0.1, 0.15) is 17.0 Å². The number of hydrogen-bond donors (Lipinski definition) is 0. The zero-order valence-electron chi connectivity index (χ0n) is 22.9. The lowest BCUT2D eigenvalue weighted by molar-refractivity contribution is -0.393. The molecular weight excluding hydrogens is 542 g/mol. The maximum absolute atomic E-state index is 11.7. The van der Waals surface area contributed by atoms with Crippen molar-refractivity contribution in [1.82, 2.24) is 4.98 Å². The number of hydrogen-bond acceptors (Lipinski definition) is 12. The van der Waals surface area contributed by atoms with Crippen molar-refractivity contribution in [3.05, 3.63) is 73.6 Å². The van der Waals surface area contributed by atoms with Crippen LogP contribution in [0.15, 0.2) is 40.8 Å². The fourth-order valence-corrected chi connectivity index (χ4v) is 4.25. The van der Waals surface area contributed by atoms with E-state index in [9.17, 15) is 20.2 Å². The number of ether oxygens (including phenoxy) is 6. The average Bonchev–Trinajstić information content (AvgIpc) is 3.40. The molecule has 1 aromatic heterocycles. The van der Waals surface area contributed by atoms with Gasteiger partial charge in [0.2, 0.25) is 23.0 Å². The molecule has 0 unspecified atom stereocenters. The number of nitro benzene ring substituents is 2. The number of rotatable bonds is 11. The van der Waals surface area contributed by atoms with Gasteiger partial charge in [-0.05, 0) is 41.0 Å². The molecule has 0 aliphatic rings. The van der Waals surface area contributed by atoms with Crippen molar-refractivity contribution in [2.75, 3.05) is 42.7 Å². The second-order valence-electron chi connectivity index (χ2n) is 8.27. The maximum atomic E-state index is 11.7. The minimum absolute atomic E-state index is 0.0636. The first-order chi connectivity index (χ1) is 19.7. The van der Waals surface area contributed by atoms with Crippen LogP contribution in [0.25, 0.3) is 22.7 Å². The van der Waals surface area contributed by atoms with Crippen LogP contribution in [-0.4, -0.2) is 57.5 Å². The minimum atomic E-state index is -0.771. The molecule has 0 aliphatic carbocycles. The summed E-state index contributed by atoms with van der Waals surface area (Å²) in [5.74, 6) is 2.04. The first-order valence-electron chi connectivity index (χ1n) is 11.7. The lowest BCUT2D eigenvalue weighted by Crippen LogP contribution is -2.00. The zero-order valence-corrected chi connectivity index (χ0v) is 22.9. The third kappa shape index (κ3) is 5.34. The Morgan fingerprint density at radius 3 is 1.54 bits per heavy atom. The van der Waals surface area contributed by atoms with Crippen LogP contribution in [0.5, 0.6) is 34.5 Å². The van der Waals surface area contributed by atoms with Crippen LogP contribution >= 0.6 is 0 Å². The standard InChI is InChI=1S/C27H25N3O11/c1-35-20-7-14(8-21(36-2)26(20)39-5)17(15-9-22(37-3)27(40-6)23(10-15)38-4)13-24-28-18-11-16(29(31)32)12-19(30(33)34)25(18)41-24/h7-13H,1-6H3. The van der Waals surface area contributed by atoms with Crippen molar-refractivity contribution < 1.29 is 42.7 Å². The summed E-state index contributed by atoms with van der Waals surface area (Å²) in [5, 5.41) is 23.0. The molecule has 214 valence electrons. The smallest absolute Gasteiger partial charge is 0.320 e. The van der Waals surface area contributed by atoms with Crippen LogP contribution in [0, 0.1) is 20.2 Å². The van der Waals surface area contributed by atoms with E-state index in [1.807, 2.05) is 0 Å². The molecular formula is C27H25N3O11. The first kappa shape index (κ1) is 28.5. The molecule has 0 amide bonds. The summed E-state index contributed by atoms with van der Waals surface area (Å²) >= 11 is 0. The van der Waals surface area contributed by atoms with Gasteiger partial charge < -0.3 is 32.8 Å². The lowest BCUT2D eigenvalue weighted by Gasteiger charge is -2.18. The monoisotopic (exact) mass is 567 g/mol. The Morgan fingerprint density at radius 2 is 1.17 bits per heavy atom. The fraction of sp³-hybridized carbons (Fsp3) is 0.222. The Hall–Kier alpha value is -5.53. The second-order valence-corrected chi connectivity index (χ2v) is 8.27.